The Bertz CT molecular complexity index is 483. The number of hydrogen-bond acceptors (Lipinski definition) is 3. The Morgan fingerprint density at radius 1 is 1.53 bits per heavy atom. The number of rotatable bonds is 2. The molecule has 2 N–H and O–H groups in total. The molecule has 1 amide bonds. The highest BCUT2D eigenvalue weighted by molar-refractivity contribution is 6.31. The molecule has 0 unspecified atom stereocenters. The fourth-order valence-corrected chi connectivity index (χ4v) is 2.38. The van der Waals surface area contributed by atoms with Gasteiger partial charge in [-0.25, -0.2) is 4.39 Å². The molecule has 2 atom stereocenters. The lowest BCUT2D eigenvalue weighted by molar-refractivity contribution is 0.000702. The van der Waals surface area contributed by atoms with Crippen LogP contribution in [-0.2, 0) is 0 Å². The second kappa shape index (κ2) is 5.86. The number of carbonyl (C=O) groups excluding carboxylic acids is 1. The summed E-state index contributed by atoms with van der Waals surface area (Å²) in [7, 11) is 0. The number of carbonyl (C=O) groups is 1. The molecule has 0 aromatic heterocycles. The standard InChI is InChI=1S/C13H15ClFNO3/c14-9-1-2-11(15)10(5-9)13(19)16-4-3-8(7-17)12(18)6-16/h1-2,5,8,12,17-18H,3-4,6-7H2/t8-,12-/m1/s1. The number of nitrogens with zero attached hydrogens (tertiary/aromatic N) is 1. The second-order valence-electron chi connectivity index (χ2n) is 4.67. The molecular weight excluding hydrogens is 273 g/mol. The molecule has 19 heavy (non-hydrogen) atoms. The monoisotopic (exact) mass is 287 g/mol. The third-order valence-corrected chi connectivity index (χ3v) is 3.64. The van der Waals surface area contributed by atoms with Gasteiger partial charge < -0.3 is 15.1 Å². The molecule has 4 nitrogen and oxygen atoms in total. The number of amides is 1. The lowest BCUT2D eigenvalue weighted by atomic mass is 9.94. The fourth-order valence-electron chi connectivity index (χ4n) is 2.21. The molecule has 1 aromatic rings. The first-order chi connectivity index (χ1) is 9.02. The number of piperidine rings is 1. The predicted molar refractivity (Wildman–Crippen MR) is 68.5 cm³/mol. The number of hydrogen-bond donors (Lipinski definition) is 2. The minimum absolute atomic E-state index is 0.0933. The molecule has 1 aromatic carbocycles. The van der Waals surface area contributed by atoms with Crippen molar-refractivity contribution in [1.29, 1.82) is 0 Å². The molecule has 1 saturated heterocycles. The minimum atomic E-state index is -0.787. The number of aliphatic hydroxyl groups excluding tert-OH is 2. The maximum Gasteiger partial charge on any atom is 0.256 e. The summed E-state index contributed by atoms with van der Waals surface area (Å²) in [6, 6.07) is 3.80. The van der Waals surface area contributed by atoms with Crippen LogP contribution in [0.3, 0.4) is 0 Å². The highest BCUT2D eigenvalue weighted by atomic mass is 35.5. The maximum absolute atomic E-state index is 13.6. The SMILES string of the molecule is O=C(c1cc(Cl)ccc1F)N1CC[C@H](CO)[C@H](O)C1. The minimum Gasteiger partial charge on any atom is -0.396 e. The van der Waals surface area contributed by atoms with Crippen LogP contribution >= 0.6 is 11.6 Å². The predicted octanol–water partition coefficient (Wildman–Crippen LogP) is 1.29. The number of likely N-dealkylation sites (tertiary alicyclic amines) is 1. The van der Waals surface area contributed by atoms with E-state index in [1.165, 1.54) is 17.0 Å². The summed E-state index contributed by atoms with van der Waals surface area (Å²) >= 11 is 5.75. The van der Waals surface area contributed by atoms with E-state index in [0.29, 0.717) is 13.0 Å². The third-order valence-electron chi connectivity index (χ3n) is 3.40. The second-order valence-corrected chi connectivity index (χ2v) is 5.11. The van der Waals surface area contributed by atoms with E-state index in [9.17, 15) is 14.3 Å². The Morgan fingerprint density at radius 3 is 2.89 bits per heavy atom. The van der Waals surface area contributed by atoms with E-state index >= 15 is 0 Å². The number of β-amino-alcohol motifs (C(OH)–C–C–N with tert-alkyl or cyclic N) is 1. The van der Waals surface area contributed by atoms with Crippen LogP contribution in [-0.4, -0.2) is 46.8 Å². The molecule has 1 aliphatic rings. The molecule has 0 aliphatic carbocycles. The molecule has 6 heteroatoms. The van der Waals surface area contributed by atoms with Crippen molar-refractivity contribution in [3.63, 3.8) is 0 Å². The molecule has 0 radical (unpaired) electrons. The van der Waals surface area contributed by atoms with Crippen molar-refractivity contribution < 1.29 is 19.4 Å². The summed E-state index contributed by atoms with van der Waals surface area (Å²) in [5, 5.41) is 19.1. The van der Waals surface area contributed by atoms with Crippen LogP contribution in [0.25, 0.3) is 0 Å². The highest BCUT2D eigenvalue weighted by Gasteiger charge is 2.31. The number of benzene rings is 1. The largest absolute Gasteiger partial charge is 0.396 e. The average Bonchev–Trinajstić information content (AvgIpc) is 2.40. The molecule has 0 spiro atoms. The van der Waals surface area contributed by atoms with Crippen LogP contribution in [0.1, 0.15) is 16.8 Å². The van der Waals surface area contributed by atoms with Crippen LogP contribution in [0.5, 0.6) is 0 Å². The van der Waals surface area contributed by atoms with E-state index in [-0.39, 0.29) is 29.7 Å². The summed E-state index contributed by atoms with van der Waals surface area (Å²) in [5.41, 5.74) is -0.0952. The van der Waals surface area contributed by atoms with Crippen LogP contribution in [0, 0.1) is 11.7 Å². The molecule has 0 bridgehead atoms. The highest BCUT2D eigenvalue weighted by Crippen LogP contribution is 2.22. The first kappa shape index (κ1) is 14.2. The van der Waals surface area contributed by atoms with Gasteiger partial charge in [0.25, 0.3) is 5.91 Å². The van der Waals surface area contributed by atoms with Gasteiger partial charge in [-0.1, -0.05) is 11.6 Å². The molecular formula is C13H15ClFNO3. The van der Waals surface area contributed by atoms with Crippen molar-refractivity contribution >= 4 is 17.5 Å². The first-order valence-corrected chi connectivity index (χ1v) is 6.44. The van der Waals surface area contributed by atoms with E-state index in [1.807, 2.05) is 0 Å². The molecule has 104 valence electrons. The zero-order chi connectivity index (χ0) is 14.0. The Labute approximate surface area is 115 Å². The summed E-state index contributed by atoms with van der Waals surface area (Å²) in [6.45, 7) is 0.359. The Balaban J connectivity index is 2.14. The molecule has 0 saturated carbocycles. The van der Waals surface area contributed by atoms with Gasteiger partial charge in [0.05, 0.1) is 11.7 Å². The summed E-state index contributed by atoms with van der Waals surface area (Å²) in [5.74, 6) is -1.35. The van der Waals surface area contributed by atoms with Crippen molar-refractivity contribution in [3.05, 3.63) is 34.6 Å². The number of halogens is 2. The van der Waals surface area contributed by atoms with E-state index in [0.717, 1.165) is 6.07 Å². The van der Waals surface area contributed by atoms with Crippen LogP contribution < -0.4 is 0 Å². The molecule has 1 fully saturated rings. The summed E-state index contributed by atoms with van der Waals surface area (Å²) in [6.07, 6.45) is -0.295. The normalized spacial score (nSPS) is 23.5. The van der Waals surface area contributed by atoms with Crippen molar-refractivity contribution in [2.75, 3.05) is 19.7 Å². The molecule has 1 aliphatic heterocycles. The van der Waals surface area contributed by atoms with Crippen molar-refractivity contribution in [2.45, 2.75) is 12.5 Å². The van der Waals surface area contributed by atoms with Gasteiger partial charge in [0.2, 0.25) is 0 Å². The van der Waals surface area contributed by atoms with Crippen LogP contribution in [0.2, 0.25) is 5.02 Å². The van der Waals surface area contributed by atoms with Crippen LogP contribution in [0.15, 0.2) is 18.2 Å². The first-order valence-electron chi connectivity index (χ1n) is 6.06. The quantitative estimate of drug-likeness (QED) is 0.862. The Morgan fingerprint density at radius 2 is 2.26 bits per heavy atom. The fraction of sp³-hybridized carbons (Fsp3) is 0.462. The third kappa shape index (κ3) is 3.05. The van der Waals surface area contributed by atoms with Gasteiger partial charge in [-0.2, -0.15) is 0 Å². The van der Waals surface area contributed by atoms with E-state index in [4.69, 9.17) is 16.7 Å². The topological polar surface area (TPSA) is 60.8 Å². The van der Waals surface area contributed by atoms with Gasteiger partial charge in [0.1, 0.15) is 5.82 Å². The van der Waals surface area contributed by atoms with Crippen molar-refractivity contribution in [1.82, 2.24) is 4.90 Å². The van der Waals surface area contributed by atoms with Gasteiger partial charge in [-0.05, 0) is 24.6 Å². The molecule has 2 rings (SSSR count). The smallest absolute Gasteiger partial charge is 0.256 e. The van der Waals surface area contributed by atoms with Crippen LogP contribution in [0.4, 0.5) is 4.39 Å². The summed E-state index contributed by atoms with van der Waals surface area (Å²) < 4.78 is 13.6. The van der Waals surface area contributed by atoms with Crippen molar-refractivity contribution in [3.8, 4) is 0 Å². The number of aliphatic hydroxyl groups is 2. The van der Waals surface area contributed by atoms with E-state index in [2.05, 4.69) is 0 Å². The van der Waals surface area contributed by atoms with Gasteiger partial charge in [-0.3, -0.25) is 4.79 Å². The van der Waals surface area contributed by atoms with Gasteiger partial charge in [-0.15, -0.1) is 0 Å². The Kier molecular flexibility index (Phi) is 4.39. The van der Waals surface area contributed by atoms with Gasteiger partial charge >= 0.3 is 0 Å². The maximum atomic E-state index is 13.6. The lowest BCUT2D eigenvalue weighted by Gasteiger charge is -2.35. The van der Waals surface area contributed by atoms with E-state index < -0.39 is 17.8 Å². The van der Waals surface area contributed by atoms with E-state index in [1.54, 1.807) is 0 Å². The van der Waals surface area contributed by atoms with Crippen molar-refractivity contribution in [2.24, 2.45) is 5.92 Å². The van der Waals surface area contributed by atoms with Gasteiger partial charge in [0, 0.05) is 30.6 Å². The zero-order valence-corrected chi connectivity index (χ0v) is 11.0. The molecule has 1 heterocycles. The lowest BCUT2D eigenvalue weighted by Crippen LogP contribution is -2.47. The zero-order valence-electron chi connectivity index (χ0n) is 10.2. The average molecular weight is 288 g/mol. The van der Waals surface area contributed by atoms with Gasteiger partial charge in [0.15, 0.2) is 0 Å². The Hall–Kier alpha value is -1.17. The summed E-state index contributed by atoms with van der Waals surface area (Å²) in [4.78, 5) is 13.5.